The standard InChI is InChI=1S/C15H21BrClN/c1-14(2)13(15(14,3)4)9-18-8-10-5-6-11(16)7-12(10)17/h5-7,13,18H,8-9H2,1-4H3. The van der Waals surface area contributed by atoms with Crippen LogP contribution in [0.25, 0.3) is 0 Å². The molecule has 0 radical (unpaired) electrons. The zero-order valence-corrected chi connectivity index (χ0v) is 13.8. The van der Waals surface area contributed by atoms with Gasteiger partial charge in [0, 0.05) is 16.0 Å². The second-order valence-corrected chi connectivity index (χ2v) is 7.69. The summed E-state index contributed by atoms with van der Waals surface area (Å²) in [5, 5.41) is 4.36. The van der Waals surface area contributed by atoms with Gasteiger partial charge in [0.1, 0.15) is 0 Å². The third kappa shape index (κ3) is 2.48. The van der Waals surface area contributed by atoms with E-state index < -0.39 is 0 Å². The summed E-state index contributed by atoms with van der Waals surface area (Å²) in [6.45, 7) is 11.3. The van der Waals surface area contributed by atoms with E-state index in [1.54, 1.807) is 0 Å². The van der Waals surface area contributed by atoms with Crippen LogP contribution in [-0.4, -0.2) is 6.54 Å². The highest BCUT2D eigenvalue weighted by molar-refractivity contribution is 9.10. The molecule has 0 aliphatic heterocycles. The SMILES string of the molecule is CC1(C)C(CNCc2ccc(Br)cc2Cl)C1(C)C. The number of nitrogens with one attached hydrogen (secondary N) is 1. The number of hydrogen-bond donors (Lipinski definition) is 1. The molecule has 1 nitrogen and oxygen atoms in total. The highest BCUT2D eigenvalue weighted by atomic mass is 79.9. The first-order valence-electron chi connectivity index (χ1n) is 6.41. The highest BCUT2D eigenvalue weighted by Crippen LogP contribution is 2.67. The van der Waals surface area contributed by atoms with Gasteiger partial charge in [-0.3, -0.25) is 0 Å². The molecule has 0 saturated heterocycles. The van der Waals surface area contributed by atoms with Crippen LogP contribution in [0.4, 0.5) is 0 Å². The van der Waals surface area contributed by atoms with E-state index in [1.165, 1.54) is 0 Å². The average Bonchev–Trinajstić information content (AvgIpc) is 2.63. The van der Waals surface area contributed by atoms with Crippen LogP contribution in [0.3, 0.4) is 0 Å². The van der Waals surface area contributed by atoms with Crippen LogP contribution < -0.4 is 5.32 Å². The minimum atomic E-state index is 0.448. The molecule has 0 aromatic heterocycles. The smallest absolute Gasteiger partial charge is 0.0462 e. The van der Waals surface area contributed by atoms with Crippen molar-refractivity contribution in [2.75, 3.05) is 6.54 Å². The van der Waals surface area contributed by atoms with Crippen molar-refractivity contribution in [3.05, 3.63) is 33.3 Å². The second kappa shape index (κ2) is 4.81. The van der Waals surface area contributed by atoms with E-state index in [2.05, 4.69) is 55.0 Å². The number of rotatable bonds is 4. The van der Waals surface area contributed by atoms with Crippen molar-refractivity contribution in [3.63, 3.8) is 0 Å². The van der Waals surface area contributed by atoms with E-state index in [-0.39, 0.29) is 0 Å². The molecule has 1 saturated carbocycles. The van der Waals surface area contributed by atoms with Crippen molar-refractivity contribution in [2.24, 2.45) is 16.7 Å². The van der Waals surface area contributed by atoms with Gasteiger partial charge in [-0.15, -0.1) is 0 Å². The van der Waals surface area contributed by atoms with E-state index in [1.807, 2.05) is 12.1 Å². The molecule has 0 atom stereocenters. The van der Waals surface area contributed by atoms with Crippen LogP contribution in [0.5, 0.6) is 0 Å². The van der Waals surface area contributed by atoms with E-state index >= 15 is 0 Å². The minimum Gasteiger partial charge on any atom is -0.312 e. The molecule has 1 N–H and O–H groups in total. The normalized spacial score (nSPS) is 21.0. The largest absolute Gasteiger partial charge is 0.312 e. The Labute approximate surface area is 123 Å². The Morgan fingerprint density at radius 3 is 2.33 bits per heavy atom. The van der Waals surface area contributed by atoms with Crippen molar-refractivity contribution in [1.82, 2.24) is 5.32 Å². The lowest BCUT2D eigenvalue weighted by molar-refractivity contribution is 0.457. The Balaban J connectivity index is 1.87. The summed E-state index contributed by atoms with van der Waals surface area (Å²) in [6, 6.07) is 6.06. The molecule has 18 heavy (non-hydrogen) atoms. The number of benzene rings is 1. The van der Waals surface area contributed by atoms with Crippen LogP contribution in [0.1, 0.15) is 33.3 Å². The van der Waals surface area contributed by atoms with Crippen molar-refractivity contribution in [1.29, 1.82) is 0 Å². The Bertz CT molecular complexity index is 440. The molecular formula is C15H21BrClN. The summed E-state index contributed by atoms with van der Waals surface area (Å²) in [5.74, 6) is 0.749. The maximum atomic E-state index is 6.20. The fourth-order valence-corrected chi connectivity index (χ4v) is 3.60. The minimum absolute atomic E-state index is 0.448. The first-order valence-corrected chi connectivity index (χ1v) is 7.58. The van der Waals surface area contributed by atoms with Gasteiger partial charge >= 0.3 is 0 Å². The van der Waals surface area contributed by atoms with Gasteiger partial charge in [0.25, 0.3) is 0 Å². The summed E-state index contributed by atoms with van der Waals surface area (Å²) < 4.78 is 1.03. The van der Waals surface area contributed by atoms with Gasteiger partial charge in [-0.05, 0) is 41.0 Å². The monoisotopic (exact) mass is 329 g/mol. The van der Waals surface area contributed by atoms with Crippen molar-refractivity contribution < 1.29 is 0 Å². The molecule has 0 bridgehead atoms. The first kappa shape index (κ1) is 14.4. The van der Waals surface area contributed by atoms with Gasteiger partial charge in [0.2, 0.25) is 0 Å². The maximum Gasteiger partial charge on any atom is 0.0462 e. The summed E-state index contributed by atoms with van der Waals surface area (Å²) in [5.41, 5.74) is 2.06. The molecular weight excluding hydrogens is 310 g/mol. The number of hydrogen-bond acceptors (Lipinski definition) is 1. The van der Waals surface area contributed by atoms with E-state index in [0.717, 1.165) is 34.1 Å². The molecule has 1 aliphatic rings. The van der Waals surface area contributed by atoms with Crippen molar-refractivity contribution in [2.45, 2.75) is 34.2 Å². The molecule has 100 valence electrons. The Morgan fingerprint density at radius 2 is 1.83 bits per heavy atom. The molecule has 0 heterocycles. The molecule has 0 spiro atoms. The van der Waals surface area contributed by atoms with Gasteiger partial charge in [-0.25, -0.2) is 0 Å². The van der Waals surface area contributed by atoms with Crippen LogP contribution in [0.2, 0.25) is 5.02 Å². The predicted octanol–water partition coefficient (Wildman–Crippen LogP) is 4.87. The zero-order chi connectivity index (χ0) is 13.6. The van der Waals surface area contributed by atoms with E-state index in [4.69, 9.17) is 11.6 Å². The maximum absolute atomic E-state index is 6.20. The van der Waals surface area contributed by atoms with Gasteiger partial charge in [-0.1, -0.05) is 61.3 Å². The number of halogens is 2. The Kier molecular flexibility index (Phi) is 3.84. The van der Waals surface area contributed by atoms with Gasteiger partial charge < -0.3 is 5.32 Å². The lowest BCUT2D eigenvalue weighted by atomic mass is 10.0. The third-order valence-electron chi connectivity index (χ3n) is 5.00. The first-order chi connectivity index (χ1) is 8.26. The van der Waals surface area contributed by atoms with E-state index in [0.29, 0.717) is 10.8 Å². The van der Waals surface area contributed by atoms with Gasteiger partial charge in [0.15, 0.2) is 0 Å². The third-order valence-corrected chi connectivity index (χ3v) is 5.84. The Hall–Kier alpha value is -0.0500. The molecule has 1 aromatic carbocycles. The van der Waals surface area contributed by atoms with Crippen molar-refractivity contribution in [3.8, 4) is 0 Å². The quantitative estimate of drug-likeness (QED) is 0.830. The van der Waals surface area contributed by atoms with Gasteiger partial charge in [-0.2, -0.15) is 0 Å². The molecule has 3 heteroatoms. The average molecular weight is 331 g/mol. The highest BCUT2D eigenvalue weighted by Gasteiger charge is 2.63. The molecule has 0 amide bonds. The fraction of sp³-hybridized carbons (Fsp3) is 0.600. The topological polar surface area (TPSA) is 12.0 Å². The van der Waals surface area contributed by atoms with Crippen molar-refractivity contribution >= 4 is 27.5 Å². The van der Waals surface area contributed by atoms with Crippen LogP contribution in [0, 0.1) is 16.7 Å². The Morgan fingerprint density at radius 1 is 1.22 bits per heavy atom. The fourth-order valence-electron chi connectivity index (χ4n) is 2.86. The molecule has 0 unspecified atom stereocenters. The van der Waals surface area contributed by atoms with Crippen LogP contribution in [0.15, 0.2) is 22.7 Å². The molecule has 1 fully saturated rings. The molecule has 2 rings (SSSR count). The molecule has 1 aliphatic carbocycles. The summed E-state index contributed by atoms with van der Waals surface area (Å²) >= 11 is 9.63. The lowest BCUT2D eigenvalue weighted by Gasteiger charge is -2.08. The molecule has 1 aromatic rings. The second-order valence-electron chi connectivity index (χ2n) is 6.36. The zero-order valence-electron chi connectivity index (χ0n) is 11.5. The lowest BCUT2D eigenvalue weighted by Crippen LogP contribution is -2.19. The van der Waals surface area contributed by atoms with E-state index in [9.17, 15) is 0 Å². The van der Waals surface area contributed by atoms with Gasteiger partial charge in [0.05, 0.1) is 0 Å². The predicted molar refractivity (Wildman–Crippen MR) is 81.9 cm³/mol. The summed E-state index contributed by atoms with van der Waals surface area (Å²) in [6.07, 6.45) is 0. The van der Waals surface area contributed by atoms with Crippen LogP contribution >= 0.6 is 27.5 Å². The summed E-state index contributed by atoms with van der Waals surface area (Å²) in [7, 11) is 0. The summed E-state index contributed by atoms with van der Waals surface area (Å²) in [4.78, 5) is 0. The van der Waals surface area contributed by atoms with Crippen LogP contribution in [-0.2, 0) is 6.54 Å².